The van der Waals surface area contributed by atoms with Crippen LogP contribution in [0.15, 0.2) is 18.2 Å². The van der Waals surface area contributed by atoms with Gasteiger partial charge >= 0.3 is 5.97 Å². The number of hydrogen-bond donors (Lipinski definition) is 2. The highest BCUT2D eigenvalue weighted by Crippen LogP contribution is 2.33. The van der Waals surface area contributed by atoms with Crippen LogP contribution in [0.5, 0.6) is 0 Å². The van der Waals surface area contributed by atoms with Crippen molar-refractivity contribution in [3.8, 4) is 0 Å². The smallest absolute Gasteiger partial charge is 0.336 e. The number of anilines is 1. The maximum absolute atomic E-state index is 12.5. The molecule has 1 aliphatic heterocycles. The number of amides is 1. The first-order valence-corrected chi connectivity index (χ1v) is 7.12. The van der Waals surface area contributed by atoms with Crippen LogP contribution in [0.1, 0.15) is 36.7 Å². The quantitative estimate of drug-likeness (QED) is 0.897. The normalized spacial score (nSPS) is 28.4. The van der Waals surface area contributed by atoms with Gasteiger partial charge in [0, 0.05) is 5.69 Å². The van der Waals surface area contributed by atoms with Gasteiger partial charge in [-0.3, -0.25) is 4.79 Å². The summed E-state index contributed by atoms with van der Waals surface area (Å²) in [6, 6.07) is 4.88. The highest BCUT2D eigenvalue weighted by Gasteiger charge is 2.41. The molecule has 0 saturated carbocycles. The standard InChI is InChI=1S/C16H21NO4/c1-8-10(3)21-11(4)14(8)15(18)17-13-7-5-6-12(9(13)2)16(19)20/h5-8,10-11,14H,1-4H3,(H,17,18)(H,19,20). The number of hydrogen-bond acceptors (Lipinski definition) is 3. The molecule has 1 heterocycles. The minimum Gasteiger partial charge on any atom is -0.478 e. The molecule has 21 heavy (non-hydrogen) atoms. The Bertz CT molecular complexity index is 569. The number of carbonyl (C=O) groups excluding carboxylic acids is 1. The van der Waals surface area contributed by atoms with Gasteiger partial charge in [0.25, 0.3) is 0 Å². The van der Waals surface area contributed by atoms with Crippen molar-refractivity contribution in [2.24, 2.45) is 11.8 Å². The zero-order chi connectivity index (χ0) is 15.7. The molecule has 1 aromatic carbocycles. The number of rotatable bonds is 3. The van der Waals surface area contributed by atoms with Gasteiger partial charge in [-0.25, -0.2) is 4.79 Å². The Hall–Kier alpha value is -1.88. The molecule has 1 aliphatic rings. The minimum absolute atomic E-state index is 0.0437. The summed E-state index contributed by atoms with van der Waals surface area (Å²) in [5.41, 5.74) is 1.30. The van der Waals surface area contributed by atoms with Crippen LogP contribution in [0.4, 0.5) is 5.69 Å². The molecule has 4 unspecified atom stereocenters. The summed E-state index contributed by atoms with van der Waals surface area (Å²) < 4.78 is 5.68. The van der Waals surface area contributed by atoms with E-state index in [9.17, 15) is 9.59 Å². The molecule has 2 rings (SSSR count). The van der Waals surface area contributed by atoms with Gasteiger partial charge in [0.1, 0.15) is 0 Å². The highest BCUT2D eigenvalue weighted by atomic mass is 16.5. The Morgan fingerprint density at radius 2 is 1.86 bits per heavy atom. The van der Waals surface area contributed by atoms with E-state index in [2.05, 4.69) is 5.32 Å². The van der Waals surface area contributed by atoms with Gasteiger partial charge in [0.15, 0.2) is 0 Å². The molecular formula is C16H21NO4. The molecule has 1 fully saturated rings. The first-order valence-electron chi connectivity index (χ1n) is 7.12. The number of carbonyl (C=O) groups is 2. The van der Waals surface area contributed by atoms with Gasteiger partial charge in [-0.05, 0) is 44.4 Å². The fraction of sp³-hybridized carbons (Fsp3) is 0.500. The number of carboxylic acid groups (broad SMARTS) is 1. The van der Waals surface area contributed by atoms with Crippen molar-refractivity contribution in [1.29, 1.82) is 0 Å². The number of ether oxygens (including phenoxy) is 1. The number of nitrogens with one attached hydrogen (secondary N) is 1. The molecule has 4 atom stereocenters. The Labute approximate surface area is 124 Å². The lowest BCUT2D eigenvalue weighted by molar-refractivity contribution is -0.121. The summed E-state index contributed by atoms with van der Waals surface area (Å²) >= 11 is 0. The summed E-state index contributed by atoms with van der Waals surface area (Å²) in [7, 11) is 0. The second-order valence-corrected chi connectivity index (χ2v) is 5.70. The van der Waals surface area contributed by atoms with Gasteiger partial charge in [-0.1, -0.05) is 13.0 Å². The predicted molar refractivity (Wildman–Crippen MR) is 79.4 cm³/mol. The van der Waals surface area contributed by atoms with Gasteiger partial charge in [0.05, 0.1) is 23.7 Å². The summed E-state index contributed by atoms with van der Waals surface area (Å²) in [5.74, 6) is -1.22. The second kappa shape index (κ2) is 5.85. The summed E-state index contributed by atoms with van der Waals surface area (Å²) in [5, 5.41) is 12.0. The van der Waals surface area contributed by atoms with E-state index in [1.54, 1.807) is 19.1 Å². The van der Waals surface area contributed by atoms with Gasteiger partial charge in [0.2, 0.25) is 5.91 Å². The van der Waals surface area contributed by atoms with Crippen molar-refractivity contribution in [2.45, 2.75) is 39.9 Å². The number of benzene rings is 1. The maximum atomic E-state index is 12.5. The lowest BCUT2D eigenvalue weighted by Crippen LogP contribution is -2.32. The van der Waals surface area contributed by atoms with Gasteiger partial charge in [-0.15, -0.1) is 0 Å². The van der Waals surface area contributed by atoms with Crippen molar-refractivity contribution < 1.29 is 19.4 Å². The average Bonchev–Trinajstić information content (AvgIpc) is 2.65. The molecule has 0 bridgehead atoms. The van der Waals surface area contributed by atoms with Crippen LogP contribution in [-0.2, 0) is 9.53 Å². The largest absolute Gasteiger partial charge is 0.478 e. The van der Waals surface area contributed by atoms with E-state index < -0.39 is 5.97 Å². The molecule has 0 aliphatic carbocycles. The molecule has 114 valence electrons. The van der Waals surface area contributed by atoms with Crippen LogP contribution >= 0.6 is 0 Å². The molecule has 0 aromatic heterocycles. The summed E-state index contributed by atoms with van der Waals surface area (Å²) in [6.07, 6.45) is -0.0971. The first-order chi connectivity index (χ1) is 9.82. The lowest BCUT2D eigenvalue weighted by Gasteiger charge is -2.19. The molecule has 0 spiro atoms. The molecule has 5 nitrogen and oxygen atoms in total. The van der Waals surface area contributed by atoms with Gasteiger partial charge < -0.3 is 15.2 Å². The molecule has 2 N–H and O–H groups in total. The molecule has 1 amide bonds. The average molecular weight is 291 g/mol. The van der Waals surface area contributed by atoms with Crippen molar-refractivity contribution in [1.82, 2.24) is 0 Å². The van der Waals surface area contributed by atoms with E-state index in [-0.39, 0.29) is 35.5 Å². The van der Waals surface area contributed by atoms with Crippen LogP contribution in [0, 0.1) is 18.8 Å². The zero-order valence-electron chi connectivity index (χ0n) is 12.7. The van der Waals surface area contributed by atoms with Crippen LogP contribution in [0.25, 0.3) is 0 Å². The monoisotopic (exact) mass is 291 g/mol. The predicted octanol–water partition coefficient (Wildman–Crippen LogP) is 2.69. The Balaban J connectivity index is 2.21. The zero-order valence-corrected chi connectivity index (χ0v) is 12.7. The maximum Gasteiger partial charge on any atom is 0.336 e. The molecule has 1 aromatic rings. The van der Waals surface area contributed by atoms with Crippen LogP contribution in [-0.4, -0.2) is 29.2 Å². The number of aromatic carboxylic acids is 1. The third-order valence-electron chi connectivity index (χ3n) is 4.37. The van der Waals surface area contributed by atoms with Gasteiger partial charge in [-0.2, -0.15) is 0 Å². The Morgan fingerprint density at radius 1 is 1.19 bits per heavy atom. The van der Waals surface area contributed by atoms with Crippen molar-refractivity contribution in [2.75, 3.05) is 5.32 Å². The fourth-order valence-electron chi connectivity index (χ4n) is 2.94. The molecule has 1 saturated heterocycles. The minimum atomic E-state index is -0.997. The van der Waals surface area contributed by atoms with E-state index in [1.165, 1.54) is 6.07 Å². The third kappa shape index (κ3) is 2.93. The van der Waals surface area contributed by atoms with E-state index in [0.29, 0.717) is 11.3 Å². The van der Waals surface area contributed by atoms with Crippen molar-refractivity contribution >= 4 is 17.6 Å². The molecule has 5 heteroatoms. The number of carboxylic acids is 1. The Kier molecular flexibility index (Phi) is 4.32. The molecule has 0 radical (unpaired) electrons. The Morgan fingerprint density at radius 3 is 2.38 bits per heavy atom. The van der Waals surface area contributed by atoms with Crippen LogP contribution < -0.4 is 5.32 Å². The first kappa shape index (κ1) is 15.5. The SMILES string of the molecule is Cc1c(NC(=O)C2C(C)OC(C)C2C)cccc1C(=O)O. The van der Waals surface area contributed by atoms with Crippen LogP contribution in [0.3, 0.4) is 0 Å². The fourth-order valence-corrected chi connectivity index (χ4v) is 2.94. The van der Waals surface area contributed by atoms with Crippen molar-refractivity contribution in [3.63, 3.8) is 0 Å². The van der Waals surface area contributed by atoms with E-state index in [0.717, 1.165) is 0 Å². The topological polar surface area (TPSA) is 75.6 Å². The third-order valence-corrected chi connectivity index (χ3v) is 4.37. The van der Waals surface area contributed by atoms with Crippen molar-refractivity contribution in [3.05, 3.63) is 29.3 Å². The lowest BCUT2D eigenvalue weighted by atomic mass is 9.88. The summed E-state index contributed by atoms with van der Waals surface area (Å²) in [4.78, 5) is 23.6. The van der Waals surface area contributed by atoms with Crippen LogP contribution in [0.2, 0.25) is 0 Å². The second-order valence-electron chi connectivity index (χ2n) is 5.70. The summed E-state index contributed by atoms with van der Waals surface area (Å²) in [6.45, 7) is 7.55. The van der Waals surface area contributed by atoms with E-state index in [1.807, 2.05) is 20.8 Å². The molecular weight excluding hydrogens is 270 g/mol. The van der Waals surface area contributed by atoms with E-state index in [4.69, 9.17) is 9.84 Å². The van der Waals surface area contributed by atoms with E-state index >= 15 is 0 Å². The highest BCUT2D eigenvalue weighted by molar-refractivity contribution is 5.97.